The Bertz CT molecular complexity index is 620. The first-order valence-electron chi connectivity index (χ1n) is 8.91. The van der Waals surface area contributed by atoms with Gasteiger partial charge in [-0.15, -0.1) is 24.0 Å². The lowest BCUT2D eigenvalue weighted by Gasteiger charge is -2.38. The third kappa shape index (κ3) is 5.18. The monoisotopic (exact) mass is 479 g/mol. The van der Waals surface area contributed by atoms with Crippen molar-refractivity contribution in [2.45, 2.75) is 6.42 Å². The van der Waals surface area contributed by atoms with Crippen molar-refractivity contribution in [1.29, 1.82) is 0 Å². The molecular formula is C18H28F2IN5. The van der Waals surface area contributed by atoms with E-state index in [1.807, 2.05) is 4.90 Å². The highest BCUT2D eigenvalue weighted by atomic mass is 127. The molecule has 1 aromatic carbocycles. The van der Waals surface area contributed by atoms with E-state index in [9.17, 15) is 8.78 Å². The first-order chi connectivity index (χ1) is 12.1. The van der Waals surface area contributed by atoms with Crippen molar-refractivity contribution >= 4 is 35.6 Å². The van der Waals surface area contributed by atoms with Crippen molar-refractivity contribution in [3.05, 3.63) is 29.8 Å². The predicted molar refractivity (Wildman–Crippen MR) is 113 cm³/mol. The third-order valence-electron chi connectivity index (χ3n) is 5.08. The molecule has 0 saturated carbocycles. The van der Waals surface area contributed by atoms with Gasteiger partial charge in [-0.3, -0.25) is 4.99 Å². The van der Waals surface area contributed by atoms with E-state index in [-0.39, 0.29) is 29.8 Å². The summed E-state index contributed by atoms with van der Waals surface area (Å²) in [6.07, 6.45) is 1.22. The molecule has 1 aromatic rings. The zero-order chi connectivity index (χ0) is 17.8. The van der Waals surface area contributed by atoms with Gasteiger partial charge < -0.3 is 20.0 Å². The van der Waals surface area contributed by atoms with Crippen LogP contribution in [0.15, 0.2) is 23.2 Å². The van der Waals surface area contributed by atoms with Crippen molar-refractivity contribution in [2.24, 2.45) is 10.9 Å². The molecule has 5 nitrogen and oxygen atoms in total. The van der Waals surface area contributed by atoms with Crippen LogP contribution in [0.3, 0.4) is 0 Å². The van der Waals surface area contributed by atoms with E-state index in [2.05, 4.69) is 27.2 Å². The van der Waals surface area contributed by atoms with Crippen LogP contribution in [-0.4, -0.2) is 75.7 Å². The molecule has 0 amide bonds. The molecule has 1 atom stereocenters. The lowest BCUT2D eigenvalue weighted by atomic mass is 10.1. The lowest BCUT2D eigenvalue weighted by molar-refractivity contribution is 0.362. The van der Waals surface area contributed by atoms with Gasteiger partial charge in [-0.2, -0.15) is 0 Å². The molecule has 2 fully saturated rings. The second kappa shape index (κ2) is 9.68. The summed E-state index contributed by atoms with van der Waals surface area (Å²) in [5, 5.41) is 3.47. The van der Waals surface area contributed by atoms with Crippen LogP contribution in [0, 0.1) is 17.6 Å². The van der Waals surface area contributed by atoms with Crippen molar-refractivity contribution < 1.29 is 8.78 Å². The molecule has 2 heterocycles. The van der Waals surface area contributed by atoms with Gasteiger partial charge in [0.1, 0.15) is 11.6 Å². The van der Waals surface area contributed by atoms with E-state index in [1.165, 1.54) is 18.6 Å². The molecule has 8 heteroatoms. The standard InChI is InChI=1S/C18H27F2N5.HI/c1-21-18(22-12-14-5-6-23(2)13-14)25-9-7-24(8-10-25)17-11-15(19)3-4-16(17)20;/h3-4,11,14H,5-10,12-13H2,1-2H3,(H,21,22);1H. The minimum atomic E-state index is -0.405. The first-order valence-corrected chi connectivity index (χ1v) is 8.91. The fourth-order valence-corrected chi connectivity index (χ4v) is 3.65. The van der Waals surface area contributed by atoms with Crippen LogP contribution in [0.4, 0.5) is 14.5 Å². The Hall–Kier alpha value is -1.16. The Labute approximate surface area is 171 Å². The Morgan fingerprint density at radius 3 is 2.54 bits per heavy atom. The number of likely N-dealkylation sites (tertiary alicyclic amines) is 1. The largest absolute Gasteiger partial charge is 0.366 e. The quantitative estimate of drug-likeness (QED) is 0.410. The van der Waals surface area contributed by atoms with Gasteiger partial charge >= 0.3 is 0 Å². The average molecular weight is 479 g/mol. The molecule has 146 valence electrons. The van der Waals surface area contributed by atoms with E-state index >= 15 is 0 Å². The number of aliphatic imine (C=N–C) groups is 1. The highest BCUT2D eigenvalue weighted by molar-refractivity contribution is 14.0. The summed E-state index contributed by atoms with van der Waals surface area (Å²) in [7, 11) is 3.95. The number of hydrogen-bond acceptors (Lipinski definition) is 3. The molecule has 1 unspecified atom stereocenters. The van der Waals surface area contributed by atoms with Crippen LogP contribution in [-0.2, 0) is 0 Å². The van der Waals surface area contributed by atoms with Gasteiger partial charge in [0.15, 0.2) is 5.96 Å². The molecule has 2 aliphatic rings. The third-order valence-corrected chi connectivity index (χ3v) is 5.08. The fourth-order valence-electron chi connectivity index (χ4n) is 3.65. The molecule has 2 aliphatic heterocycles. The zero-order valence-corrected chi connectivity index (χ0v) is 17.7. The Kier molecular flexibility index (Phi) is 7.87. The summed E-state index contributed by atoms with van der Waals surface area (Å²) in [5.41, 5.74) is 0.344. The van der Waals surface area contributed by atoms with E-state index < -0.39 is 5.82 Å². The SMILES string of the molecule is CN=C(NCC1CCN(C)C1)N1CCN(c2cc(F)ccc2F)CC1.I. The summed E-state index contributed by atoms with van der Waals surface area (Å²) in [5.74, 6) is 0.777. The second-order valence-corrected chi connectivity index (χ2v) is 6.91. The molecule has 0 bridgehead atoms. The highest BCUT2D eigenvalue weighted by Gasteiger charge is 2.24. The van der Waals surface area contributed by atoms with E-state index in [1.54, 1.807) is 7.05 Å². The summed E-state index contributed by atoms with van der Waals surface area (Å²) in [4.78, 5) is 10.8. The molecular weight excluding hydrogens is 451 g/mol. The minimum absolute atomic E-state index is 0. The molecule has 2 saturated heterocycles. The van der Waals surface area contributed by atoms with Gasteiger partial charge in [0, 0.05) is 52.4 Å². The van der Waals surface area contributed by atoms with Crippen molar-refractivity contribution in [2.75, 3.05) is 64.8 Å². The summed E-state index contributed by atoms with van der Waals surface area (Å²) in [6, 6.07) is 3.62. The molecule has 0 radical (unpaired) electrons. The van der Waals surface area contributed by atoms with Gasteiger partial charge in [-0.05, 0) is 38.1 Å². The van der Waals surface area contributed by atoms with Crippen LogP contribution in [0.1, 0.15) is 6.42 Å². The van der Waals surface area contributed by atoms with Crippen LogP contribution >= 0.6 is 24.0 Å². The second-order valence-electron chi connectivity index (χ2n) is 6.91. The number of halogens is 3. The number of piperazine rings is 1. The van der Waals surface area contributed by atoms with Gasteiger partial charge in [-0.25, -0.2) is 8.78 Å². The molecule has 3 rings (SSSR count). The number of benzene rings is 1. The summed E-state index contributed by atoms with van der Waals surface area (Å²) in [6.45, 7) is 5.97. The van der Waals surface area contributed by atoms with E-state index in [0.717, 1.165) is 44.7 Å². The van der Waals surface area contributed by atoms with Gasteiger partial charge in [0.2, 0.25) is 0 Å². The van der Waals surface area contributed by atoms with Gasteiger partial charge in [-0.1, -0.05) is 0 Å². The first kappa shape index (κ1) is 21.1. The van der Waals surface area contributed by atoms with E-state index in [4.69, 9.17) is 0 Å². The van der Waals surface area contributed by atoms with Crippen LogP contribution < -0.4 is 10.2 Å². The normalized spacial score (nSPS) is 21.7. The van der Waals surface area contributed by atoms with Gasteiger partial charge in [0.25, 0.3) is 0 Å². The predicted octanol–water partition coefficient (Wildman–Crippen LogP) is 2.23. The smallest absolute Gasteiger partial charge is 0.193 e. The molecule has 0 aliphatic carbocycles. The maximum Gasteiger partial charge on any atom is 0.193 e. The maximum absolute atomic E-state index is 13.9. The lowest BCUT2D eigenvalue weighted by Crippen LogP contribution is -2.53. The molecule has 0 aromatic heterocycles. The van der Waals surface area contributed by atoms with Crippen LogP contribution in [0.5, 0.6) is 0 Å². The van der Waals surface area contributed by atoms with Crippen molar-refractivity contribution in [1.82, 2.24) is 15.1 Å². The number of nitrogens with one attached hydrogen (secondary N) is 1. The zero-order valence-electron chi connectivity index (χ0n) is 15.4. The molecule has 1 N–H and O–H groups in total. The topological polar surface area (TPSA) is 34.1 Å². The number of guanidine groups is 1. The maximum atomic E-state index is 13.9. The summed E-state index contributed by atoms with van der Waals surface area (Å²) >= 11 is 0. The fraction of sp³-hybridized carbons (Fsp3) is 0.611. The van der Waals surface area contributed by atoms with Gasteiger partial charge in [0.05, 0.1) is 5.69 Å². The number of rotatable bonds is 3. The number of nitrogens with zero attached hydrogens (tertiary/aromatic N) is 4. The Morgan fingerprint density at radius 2 is 1.92 bits per heavy atom. The minimum Gasteiger partial charge on any atom is -0.366 e. The molecule has 0 spiro atoms. The average Bonchev–Trinajstić information content (AvgIpc) is 3.03. The van der Waals surface area contributed by atoms with Crippen LogP contribution in [0.25, 0.3) is 0 Å². The molecule has 26 heavy (non-hydrogen) atoms. The van der Waals surface area contributed by atoms with Crippen LogP contribution in [0.2, 0.25) is 0 Å². The Balaban J connectivity index is 0.00000243. The highest BCUT2D eigenvalue weighted by Crippen LogP contribution is 2.22. The van der Waals surface area contributed by atoms with E-state index in [0.29, 0.717) is 24.7 Å². The Morgan fingerprint density at radius 1 is 1.19 bits per heavy atom. The van der Waals surface area contributed by atoms with Crippen molar-refractivity contribution in [3.8, 4) is 0 Å². The van der Waals surface area contributed by atoms with Crippen molar-refractivity contribution in [3.63, 3.8) is 0 Å². The number of anilines is 1. The number of hydrogen-bond donors (Lipinski definition) is 1. The summed E-state index contributed by atoms with van der Waals surface area (Å²) < 4.78 is 27.3.